The van der Waals surface area contributed by atoms with Gasteiger partial charge in [-0.2, -0.15) is 0 Å². The standard InChI is InChI=1S/C18H30N2O3S/c1-14-7-5-11-20(13-14)12-6-10-19-24(21,22)18-9-8-17(23-4)15(2)16(18)3/h8-9,14,19H,5-7,10-13H2,1-4H3/t14-/m0/s1. The summed E-state index contributed by atoms with van der Waals surface area (Å²) < 4.78 is 33.1. The van der Waals surface area contributed by atoms with E-state index in [1.165, 1.54) is 12.8 Å². The molecule has 1 fully saturated rings. The van der Waals surface area contributed by atoms with Gasteiger partial charge in [-0.05, 0) is 75.4 Å². The second kappa shape index (κ2) is 8.32. The molecule has 1 N–H and O–H groups in total. The van der Waals surface area contributed by atoms with Crippen molar-refractivity contribution in [1.82, 2.24) is 9.62 Å². The topological polar surface area (TPSA) is 58.6 Å². The Morgan fingerprint density at radius 1 is 1.29 bits per heavy atom. The zero-order valence-corrected chi connectivity index (χ0v) is 16.1. The summed E-state index contributed by atoms with van der Waals surface area (Å²) in [5, 5.41) is 0. The van der Waals surface area contributed by atoms with Crippen molar-refractivity contribution in [3.63, 3.8) is 0 Å². The van der Waals surface area contributed by atoms with E-state index in [-0.39, 0.29) is 0 Å². The van der Waals surface area contributed by atoms with Crippen LogP contribution in [0.2, 0.25) is 0 Å². The maximum atomic E-state index is 12.5. The fourth-order valence-corrected chi connectivity index (χ4v) is 4.73. The normalized spacial score (nSPS) is 19.4. The molecule has 1 atom stereocenters. The van der Waals surface area contributed by atoms with Crippen molar-refractivity contribution in [2.24, 2.45) is 5.92 Å². The van der Waals surface area contributed by atoms with Crippen molar-refractivity contribution in [1.29, 1.82) is 0 Å². The fraction of sp³-hybridized carbons (Fsp3) is 0.667. The molecular weight excluding hydrogens is 324 g/mol. The van der Waals surface area contributed by atoms with Crippen LogP contribution in [0.25, 0.3) is 0 Å². The van der Waals surface area contributed by atoms with E-state index in [1.807, 2.05) is 13.8 Å². The van der Waals surface area contributed by atoms with E-state index in [4.69, 9.17) is 4.74 Å². The monoisotopic (exact) mass is 354 g/mol. The molecule has 24 heavy (non-hydrogen) atoms. The molecule has 1 aliphatic heterocycles. The number of ether oxygens (including phenoxy) is 1. The fourth-order valence-electron chi connectivity index (χ4n) is 3.36. The smallest absolute Gasteiger partial charge is 0.240 e. The van der Waals surface area contributed by atoms with E-state index in [0.717, 1.165) is 43.1 Å². The summed E-state index contributed by atoms with van der Waals surface area (Å²) in [6.45, 7) is 9.67. The lowest BCUT2D eigenvalue weighted by atomic mass is 10.0. The first kappa shape index (κ1) is 19.2. The first-order valence-electron chi connectivity index (χ1n) is 8.71. The van der Waals surface area contributed by atoms with E-state index in [2.05, 4.69) is 16.5 Å². The van der Waals surface area contributed by atoms with Gasteiger partial charge < -0.3 is 9.64 Å². The predicted octanol–water partition coefficient (Wildman–Crippen LogP) is 2.71. The van der Waals surface area contributed by atoms with Gasteiger partial charge >= 0.3 is 0 Å². The number of hydrogen-bond donors (Lipinski definition) is 1. The summed E-state index contributed by atoms with van der Waals surface area (Å²) in [6, 6.07) is 3.34. The van der Waals surface area contributed by atoms with Crippen molar-refractivity contribution >= 4 is 10.0 Å². The highest BCUT2D eigenvalue weighted by Gasteiger charge is 2.20. The first-order valence-corrected chi connectivity index (χ1v) is 10.2. The van der Waals surface area contributed by atoms with Crippen molar-refractivity contribution in [2.45, 2.75) is 44.9 Å². The number of benzene rings is 1. The molecule has 0 aromatic heterocycles. The molecule has 0 aliphatic carbocycles. The zero-order chi connectivity index (χ0) is 17.7. The van der Waals surface area contributed by atoms with Gasteiger partial charge in [-0.15, -0.1) is 0 Å². The maximum absolute atomic E-state index is 12.5. The molecule has 2 rings (SSSR count). The van der Waals surface area contributed by atoms with Gasteiger partial charge in [-0.3, -0.25) is 0 Å². The van der Waals surface area contributed by atoms with Gasteiger partial charge in [0.25, 0.3) is 0 Å². The quantitative estimate of drug-likeness (QED) is 0.765. The van der Waals surface area contributed by atoms with E-state index in [9.17, 15) is 8.42 Å². The molecule has 0 spiro atoms. The van der Waals surface area contributed by atoms with Crippen LogP contribution in [0.3, 0.4) is 0 Å². The van der Waals surface area contributed by atoms with Gasteiger partial charge in [0.15, 0.2) is 0 Å². The number of piperidine rings is 1. The van der Waals surface area contributed by atoms with Gasteiger partial charge in [0, 0.05) is 13.1 Å². The summed E-state index contributed by atoms with van der Waals surface area (Å²) in [5.41, 5.74) is 1.61. The van der Waals surface area contributed by atoms with Crippen molar-refractivity contribution in [2.75, 3.05) is 33.3 Å². The molecule has 0 saturated carbocycles. The number of nitrogens with zero attached hydrogens (tertiary/aromatic N) is 1. The Kier molecular flexibility index (Phi) is 6.66. The third-order valence-electron chi connectivity index (χ3n) is 4.88. The van der Waals surface area contributed by atoms with Gasteiger partial charge in [-0.1, -0.05) is 6.92 Å². The average molecular weight is 355 g/mol. The van der Waals surface area contributed by atoms with Crippen molar-refractivity contribution in [3.05, 3.63) is 23.3 Å². The molecule has 1 aromatic rings. The lowest BCUT2D eigenvalue weighted by Gasteiger charge is -2.30. The van der Waals surface area contributed by atoms with Gasteiger partial charge in [0.2, 0.25) is 10.0 Å². The highest BCUT2D eigenvalue weighted by Crippen LogP contribution is 2.26. The highest BCUT2D eigenvalue weighted by molar-refractivity contribution is 7.89. The molecule has 6 heteroatoms. The van der Waals surface area contributed by atoms with Crippen LogP contribution in [-0.2, 0) is 10.0 Å². The molecule has 136 valence electrons. The second-order valence-electron chi connectivity index (χ2n) is 6.82. The maximum Gasteiger partial charge on any atom is 0.240 e. The van der Waals surface area contributed by atoms with E-state index < -0.39 is 10.0 Å². The Bertz CT molecular complexity index is 658. The lowest BCUT2D eigenvalue weighted by Crippen LogP contribution is -2.36. The average Bonchev–Trinajstić information content (AvgIpc) is 2.54. The van der Waals surface area contributed by atoms with Crippen LogP contribution in [0, 0.1) is 19.8 Å². The number of hydrogen-bond acceptors (Lipinski definition) is 4. The second-order valence-corrected chi connectivity index (χ2v) is 8.55. The number of methoxy groups -OCH3 is 1. The summed E-state index contributed by atoms with van der Waals surface area (Å²) in [4.78, 5) is 2.78. The Morgan fingerprint density at radius 3 is 2.71 bits per heavy atom. The lowest BCUT2D eigenvalue weighted by molar-refractivity contribution is 0.182. The molecule has 0 bridgehead atoms. The number of sulfonamides is 1. The van der Waals surface area contributed by atoms with E-state index in [1.54, 1.807) is 19.2 Å². The van der Waals surface area contributed by atoms with Crippen molar-refractivity contribution < 1.29 is 13.2 Å². The summed E-state index contributed by atoms with van der Waals surface area (Å²) in [6.07, 6.45) is 3.39. The van der Waals surface area contributed by atoms with Crippen LogP contribution >= 0.6 is 0 Å². The largest absolute Gasteiger partial charge is 0.496 e. The number of nitrogens with one attached hydrogen (secondary N) is 1. The Balaban J connectivity index is 1.91. The molecule has 5 nitrogen and oxygen atoms in total. The molecule has 1 aromatic carbocycles. The molecule has 0 radical (unpaired) electrons. The van der Waals surface area contributed by atoms with Crippen LogP contribution in [0.1, 0.15) is 37.3 Å². The summed E-state index contributed by atoms with van der Waals surface area (Å²) in [7, 11) is -1.88. The molecule has 1 aliphatic rings. The van der Waals surface area contributed by atoms with E-state index in [0.29, 0.717) is 17.2 Å². The molecule has 0 unspecified atom stereocenters. The Hall–Kier alpha value is -1.11. The number of likely N-dealkylation sites (tertiary alicyclic amines) is 1. The zero-order valence-electron chi connectivity index (χ0n) is 15.3. The summed E-state index contributed by atoms with van der Waals surface area (Å²) in [5.74, 6) is 1.46. The highest BCUT2D eigenvalue weighted by atomic mass is 32.2. The minimum atomic E-state index is -3.48. The van der Waals surface area contributed by atoms with Gasteiger partial charge in [0.1, 0.15) is 5.75 Å². The van der Waals surface area contributed by atoms with Crippen LogP contribution in [0.5, 0.6) is 5.75 Å². The minimum absolute atomic E-state index is 0.340. The third kappa shape index (κ3) is 4.71. The SMILES string of the molecule is COc1ccc(S(=O)(=O)NCCCN2CCC[C@H](C)C2)c(C)c1C. The predicted molar refractivity (Wildman–Crippen MR) is 97.1 cm³/mol. The van der Waals surface area contributed by atoms with Crippen LogP contribution in [-0.4, -0.2) is 46.6 Å². The van der Waals surface area contributed by atoms with Crippen LogP contribution in [0.15, 0.2) is 17.0 Å². The van der Waals surface area contributed by atoms with Gasteiger partial charge in [0.05, 0.1) is 12.0 Å². The van der Waals surface area contributed by atoms with Crippen LogP contribution < -0.4 is 9.46 Å². The minimum Gasteiger partial charge on any atom is -0.496 e. The molecular formula is C18H30N2O3S. The first-order chi connectivity index (χ1) is 11.3. The van der Waals surface area contributed by atoms with E-state index >= 15 is 0 Å². The molecule has 1 saturated heterocycles. The molecule has 0 amide bonds. The summed E-state index contributed by atoms with van der Waals surface area (Å²) >= 11 is 0. The van der Waals surface area contributed by atoms with Crippen LogP contribution in [0.4, 0.5) is 0 Å². The Morgan fingerprint density at radius 2 is 2.04 bits per heavy atom. The molecule has 1 heterocycles. The number of rotatable bonds is 7. The van der Waals surface area contributed by atoms with Crippen molar-refractivity contribution in [3.8, 4) is 5.75 Å². The van der Waals surface area contributed by atoms with Gasteiger partial charge in [-0.25, -0.2) is 13.1 Å². The third-order valence-corrected chi connectivity index (χ3v) is 6.49. The Labute approximate surface area is 146 Å².